The molecule has 1 aliphatic rings. The molecule has 7 nitrogen and oxygen atoms in total. The quantitative estimate of drug-likeness (QED) is 0.383. The van der Waals surface area contributed by atoms with Crippen LogP contribution in [0.1, 0.15) is 36.0 Å². The molecule has 0 spiro atoms. The van der Waals surface area contributed by atoms with Crippen molar-refractivity contribution in [1.29, 1.82) is 0 Å². The van der Waals surface area contributed by atoms with Gasteiger partial charge in [0.25, 0.3) is 11.6 Å². The van der Waals surface area contributed by atoms with Crippen LogP contribution in [0.15, 0.2) is 18.2 Å². The second-order valence-corrected chi connectivity index (χ2v) is 5.16. The molecule has 1 aromatic carbocycles. The van der Waals surface area contributed by atoms with Gasteiger partial charge >= 0.3 is 0 Å². The van der Waals surface area contributed by atoms with Crippen molar-refractivity contribution in [2.45, 2.75) is 31.7 Å². The largest absolute Gasteiger partial charge is 0.377 e. The topological polar surface area (TPSA) is 110 Å². The van der Waals surface area contributed by atoms with Crippen molar-refractivity contribution < 1.29 is 9.72 Å². The first-order valence-electron chi connectivity index (χ1n) is 7.15. The number of nitrogens with one attached hydrogen (secondary N) is 2. The Morgan fingerprint density at radius 3 is 2.76 bits per heavy atom. The molecule has 21 heavy (non-hydrogen) atoms. The van der Waals surface area contributed by atoms with Gasteiger partial charge in [-0.2, -0.15) is 0 Å². The molecule has 1 aliphatic carbocycles. The van der Waals surface area contributed by atoms with Gasteiger partial charge in [-0.05, 0) is 44.4 Å². The number of nitrogens with zero attached hydrogens (tertiary/aromatic N) is 1. The van der Waals surface area contributed by atoms with Crippen molar-refractivity contribution in [3.63, 3.8) is 0 Å². The minimum Gasteiger partial charge on any atom is -0.377 e. The SMILES string of the molecule is NCCCCNC(=O)c1ccc(NC2CC2)c([N+](=O)[O-])c1. The molecule has 1 amide bonds. The number of nitro benzene ring substituents is 1. The Labute approximate surface area is 123 Å². The van der Waals surface area contributed by atoms with Crippen LogP contribution in [0.25, 0.3) is 0 Å². The highest BCUT2D eigenvalue weighted by molar-refractivity contribution is 5.95. The molecule has 2 rings (SSSR count). The highest BCUT2D eigenvalue weighted by Gasteiger charge is 2.25. The second-order valence-electron chi connectivity index (χ2n) is 5.16. The third-order valence-electron chi connectivity index (χ3n) is 3.31. The Bertz CT molecular complexity index is 529. The molecule has 0 saturated heterocycles. The molecule has 0 aliphatic heterocycles. The minimum absolute atomic E-state index is 0.0588. The van der Waals surface area contributed by atoms with Crippen LogP contribution in [-0.2, 0) is 0 Å². The van der Waals surface area contributed by atoms with E-state index < -0.39 is 4.92 Å². The smallest absolute Gasteiger partial charge is 0.293 e. The van der Waals surface area contributed by atoms with E-state index in [0.29, 0.717) is 30.4 Å². The Kier molecular flexibility index (Phi) is 5.10. The predicted molar refractivity (Wildman–Crippen MR) is 80.4 cm³/mol. The van der Waals surface area contributed by atoms with E-state index in [4.69, 9.17) is 5.73 Å². The van der Waals surface area contributed by atoms with Gasteiger partial charge in [-0.3, -0.25) is 14.9 Å². The lowest BCUT2D eigenvalue weighted by Gasteiger charge is -2.08. The van der Waals surface area contributed by atoms with Crippen LogP contribution in [-0.4, -0.2) is 30.0 Å². The number of hydrogen-bond acceptors (Lipinski definition) is 5. The third-order valence-corrected chi connectivity index (χ3v) is 3.31. The Hall–Kier alpha value is -2.15. The Morgan fingerprint density at radius 1 is 1.38 bits per heavy atom. The predicted octanol–water partition coefficient (Wildman–Crippen LogP) is 1.64. The number of nitro groups is 1. The normalized spacial score (nSPS) is 13.8. The van der Waals surface area contributed by atoms with Crippen LogP contribution in [0.3, 0.4) is 0 Å². The molecule has 0 atom stereocenters. The maximum Gasteiger partial charge on any atom is 0.293 e. The van der Waals surface area contributed by atoms with Gasteiger partial charge in [0.05, 0.1) is 4.92 Å². The summed E-state index contributed by atoms with van der Waals surface area (Å²) in [5.74, 6) is -0.298. The molecule has 114 valence electrons. The van der Waals surface area contributed by atoms with Gasteiger partial charge in [0.1, 0.15) is 5.69 Å². The number of carbonyl (C=O) groups excluding carboxylic acids is 1. The lowest BCUT2D eigenvalue weighted by Crippen LogP contribution is -2.25. The molecule has 4 N–H and O–H groups in total. The monoisotopic (exact) mass is 292 g/mol. The zero-order valence-corrected chi connectivity index (χ0v) is 11.8. The molecule has 1 saturated carbocycles. The number of anilines is 1. The van der Waals surface area contributed by atoms with E-state index in [1.54, 1.807) is 12.1 Å². The summed E-state index contributed by atoms with van der Waals surface area (Å²) in [6, 6.07) is 4.85. The number of rotatable bonds is 8. The maximum atomic E-state index is 11.9. The van der Waals surface area contributed by atoms with E-state index in [-0.39, 0.29) is 11.6 Å². The van der Waals surface area contributed by atoms with E-state index in [0.717, 1.165) is 25.7 Å². The van der Waals surface area contributed by atoms with Crippen LogP contribution in [0.2, 0.25) is 0 Å². The molecule has 0 aromatic heterocycles. The average Bonchev–Trinajstić information content (AvgIpc) is 3.27. The summed E-state index contributed by atoms with van der Waals surface area (Å²) in [5, 5.41) is 17.0. The fourth-order valence-electron chi connectivity index (χ4n) is 1.97. The van der Waals surface area contributed by atoms with E-state index >= 15 is 0 Å². The van der Waals surface area contributed by atoms with Crippen LogP contribution < -0.4 is 16.4 Å². The van der Waals surface area contributed by atoms with Gasteiger partial charge in [0.15, 0.2) is 0 Å². The third kappa shape index (κ3) is 4.42. The van der Waals surface area contributed by atoms with Gasteiger partial charge in [-0.15, -0.1) is 0 Å². The van der Waals surface area contributed by atoms with Crippen LogP contribution in [0.5, 0.6) is 0 Å². The van der Waals surface area contributed by atoms with Crippen molar-refractivity contribution in [2.24, 2.45) is 5.73 Å². The number of carbonyl (C=O) groups is 1. The van der Waals surface area contributed by atoms with Gasteiger partial charge in [-0.1, -0.05) is 0 Å². The maximum absolute atomic E-state index is 11.9. The highest BCUT2D eigenvalue weighted by atomic mass is 16.6. The number of unbranched alkanes of at least 4 members (excludes halogenated alkanes) is 1. The summed E-state index contributed by atoms with van der Waals surface area (Å²) >= 11 is 0. The molecule has 1 aromatic rings. The number of benzene rings is 1. The van der Waals surface area contributed by atoms with E-state index in [2.05, 4.69) is 10.6 Å². The lowest BCUT2D eigenvalue weighted by atomic mass is 10.1. The second kappa shape index (κ2) is 7.03. The molecule has 7 heteroatoms. The van der Waals surface area contributed by atoms with E-state index in [9.17, 15) is 14.9 Å². The van der Waals surface area contributed by atoms with E-state index in [1.807, 2.05) is 0 Å². The molecule has 0 radical (unpaired) electrons. The van der Waals surface area contributed by atoms with E-state index in [1.165, 1.54) is 6.07 Å². The average molecular weight is 292 g/mol. The summed E-state index contributed by atoms with van der Waals surface area (Å²) < 4.78 is 0. The molecular weight excluding hydrogens is 272 g/mol. The van der Waals surface area contributed by atoms with Crippen molar-refractivity contribution in [2.75, 3.05) is 18.4 Å². The van der Waals surface area contributed by atoms with Crippen molar-refractivity contribution in [1.82, 2.24) is 5.32 Å². The molecule has 0 unspecified atom stereocenters. The lowest BCUT2D eigenvalue weighted by molar-refractivity contribution is -0.384. The Balaban J connectivity index is 2.03. The van der Waals surface area contributed by atoms with Crippen LogP contribution >= 0.6 is 0 Å². The van der Waals surface area contributed by atoms with Gasteiger partial charge in [0.2, 0.25) is 0 Å². The van der Waals surface area contributed by atoms with Gasteiger partial charge in [0, 0.05) is 24.2 Å². The first kappa shape index (κ1) is 15.2. The number of nitrogens with two attached hydrogens (primary N) is 1. The zero-order valence-electron chi connectivity index (χ0n) is 11.8. The number of hydrogen-bond donors (Lipinski definition) is 3. The van der Waals surface area contributed by atoms with Crippen molar-refractivity contribution >= 4 is 17.3 Å². The molecule has 0 heterocycles. The first-order valence-corrected chi connectivity index (χ1v) is 7.15. The number of amides is 1. The van der Waals surface area contributed by atoms with Crippen LogP contribution in [0.4, 0.5) is 11.4 Å². The van der Waals surface area contributed by atoms with Gasteiger partial charge < -0.3 is 16.4 Å². The fraction of sp³-hybridized carbons (Fsp3) is 0.500. The molecule has 0 bridgehead atoms. The van der Waals surface area contributed by atoms with Crippen molar-refractivity contribution in [3.8, 4) is 0 Å². The summed E-state index contributed by atoms with van der Waals surface area (Å²) in [6.45, 7) is 1.11. The summed E-state index contributed by atoms with van der Waals surface area (Å²) in [7, 11) is 0. The minimum atomic E-state index is -0.462. The summed E-state index contributed by atoms with van der Waals surface area (Å²) in [4.78, 5) is 22.6. The Morgan fingerprint density at radius 2 is 2.14 bits per heavy atom. The standard InChI is InChI=1S/C14H20N4O3/c15-7-1-2-8-16-14(19)10-3-6-12(17-11-4-5-11)13(9-10)18(20)21/h3,6,9,11,17H,1-2,4-5,7-8,15H2,(H,16,19). The molecule has 1 fully saturated rings. The molecular formula is C14H20N4O3. The zero-order chi connectivity index (χ0) is 15.2. The highest BCUT2D eigenvalue weighted by Crippen LogP contribution is 2.31. The summed E-state index contributed by atoms with van der Waals surface area (Å²) in [5.41, 5.74) is 6.09. The van der Waals surface area contributed by atoms with Crippen molar-refractivity contribution in [3.05, 3.63) is 33.9 Å². The van der Waals surface area contributed by atoms with Gasteiger partial charge in [-0.25, -0.2) is 0 Å². The summed E-state index contributed by atoms with van der Waals surface area (Å²) in [6.07, 6.45) is 3.69. The van der Waals surface area contributed by atoms with Crippen LogP contribution in [0, 0.1) is 10.1 Å². The first-order chi connectivity index (χ1) is 10.1. The fourth-order valence-corrected chi connectivity index (χ4v) is 1.97.